The molecule has 0 saturated heterocycles. The van der Waals surface area contributed by atoms with Gasteiger partial charge in [-0.2, -0.15) is 0 Å². The number of unbranched alkanes of at least 4 members (excludes halogenated alkanes) is 43. The van der Waals surface area contributed by atoms with Crippen LogP contribution in [0, 0.1) is 23.7 Å². The number of rotatable bonds is 79. The van der Waals surface area contributed by atoms with Gasteiger partial charge >= 0.3 is 39.5 Å². The monoisotopic (exact) mass is 1480 g/mol. The van der Waals surface area contributed by atoms with Crippen molar-refractivity contribution in [3.05, 3.63) is 0 Å². The van der Waals surface area contributed by atoms with Crippen LogP contribution in [0.15, 0.2) is 0 Å². The smallest absolute Gasteiger partial charge is 0.462 e. The topological polar surface area (TPSA) is 237 Å². The van der Waals surface area contributed by atoms with Crippen LogP contribution in [0.2, 0.25) is 0 Å². The second-order valence-electron chi connectivity index (χ2n) is 31.0. The third-order valence-corrected chi connectivity index (χ3v) is 21.7. The minimum Gasteiger partial charge on any atom is -0.462 e. The first-order valence-corrected chi connectivity index (χ1v) is 45.3. The Morgan fingerprint density at radius 1 is 0.277 bits per heavy atom. The second kappa shape index (κ2) is 71.0. The summed E-state index contributed by atoms with van der Waals surface area (Å²) in [7, 11) is -9.92. The Kier molecular flexibility index (Phi) is 69.6. The van der Waals surface area contributed by atoms with Crippen LogP contribution in [-0.2, 0) is 65.4 Å². The standard InChI is InChI=1S/C82H160O17P2/c1-9-74(7)60-52-44-36-30-24-17-14-15-19-26-32-38-48-56-64-82(87)99-78(69-93-80(85)63-55-47-41-40-45-53-61-75(8)10-2)71-97-101(90,91)95-67-76(83)66-94-100(88,89)96-70-77(98-81(86)65-57-49-39-33-27-21-20-23-29-35-43-51-59-73(5)6)68-92-79(84)62-54-46-37-31-25-18-13-11-12-16-22-28-34-42-50-58-72(3)4/h72-78,83H,9-71H2,1-8H3,(H,88,89)(H,90,91)/t74?,75?,76-,77-,78-/m1/s1. The van der Waals surface area contributed by atoms with Gasteiger partial charge in [0.1, 0.15) is 19.3 Å². The van der Waals surface area contributed by atoms with Crippen LogP contribution < -0.4 is 0 Å². The zero-order chi connectivity index (χ0) is 74.6. The van der Waals surface area contributed by atoms with Crippen LogP contribution in [0.25, 0.3) is 0 Å². The maximum absolute atomic E-state index is 13.1. The number of carbonyl (C=O) groups is 4. The third kappa shape index (κ3) is 73.4. The summed E-state index contributed by atoms with van der Waals surface area (Å²) in [6, 6.07) is 0. The van der Waals surface area contributed by atoms with E-state index in [1.54, 1.807) is 0 Å². The highest BCUT2D eigenvalue weighted by Gasteiger charge is 2.30. The molecule has 101 heavy (non-hydrogen) atoms. The van der Waals surface area contributed by atoms with E-state index in [4.69, 9.17) is 37.0 Å². The van der Waals surface area contributed by atoms with Gasteiger partial charge in [-0.3, -0.25) is 37.3 Å². The van der Waals surface area contributed by atoms with Crippen molar-refractivity contribution in [1.29, 1.82) is 0 Å². The summed E-state index contributed by atoms with van der Waals surface area (Å²) in [4.78, 5) is 73.1. The molecule has 7 atom stereocenters. The van der Waals surface area contributed by atoms with Crippen LogP contribution in [0.4, 0.5) is 0 Å². The number of aliphatic hydroxyl groups excluding tert-OH is 1. The van der Waals surface area contributed by atoms with Crippen LogP contribution in [0.1, 0.15) is 421 Å². The first kappa shape index (κ1) is 99.1. The molecule has 0 aromatic heterocycles. The molecule has 0 aromatic rings. The molecule has 0 rings (SSSR count). The lowest BCUT2D eigenvalue weighted by Gasteiger charge is -2.21. The molecule has 0 saturated carbocycles. The SMILES string of the molecule is CCC(C)CCCCCCCCCCCCCCCCC(=O)O[C@H](COC(=O)CCCCCCCCC(C)CC)COP(=O)(O)OC[C@H](O)COP(=O)(O)OC[C@@H](COC(=O)CCCCCCCCCCCCCCCCCC(C)C)OC(=O)CCCCCCCCCCCCCCC(C)C. The molecule has 0 spiro atoms. The molecule has 17 nitrogen and oxygen atoms in total. The molecule has 0 aromatic carbocycles. The largest absolute Gasteiger partial charge is 0.472 e. The molecule has 4 unspecified atom stereocenters. The maximum atomic E-state index is 13.1. The molecule has 0 heterocycles. The number of phosphoric ester groups is 2. The molecular weight excluding hydrogens is 1320 g/mol. The number of hydrogen-bond donors (Lipinski definition) is 3. The predicted octanol–water partition coefficient (Wildman–Crippen LogP) is 24.4. The average molecular weight is 1480 g/mol. The van der Waals surface area contributed by atoms with Gasteiger partial charge in [0.05, 0.1) is 26.4 Å². The van der Waals surface area contributed by atoms with Gasteiger partial charge in [-0.25, -0.2) is 9.13 Å². The van der Waals surface area contributed by atoms with Crippen LogP contribution in [-0.4, -0.2) is 96.7 Å². The Bertz CT molecular complexity index is 1980. The Morgan fingerprint density at radius 3 is 0.703 bits per heavy atom. The third-order valence-electron chi connectivity index (χ3n) is 19.8. The lowest BCUT2D eigenvalue weighted by atomic mass is 9.99. The van der Waals surface area contributed by atoms with Crippen LogP contribution >= 0.6 is 15.6 Å². The molecular formula is C82H160O17P2. The van der Waals surface area contributed by atoms with Gasteiger partial charge in [-0.15, -0.1) is 0 Å². The zero-order valence-corrected chi connectivity index (χ0v) is 68.3. The molecule has 0 amide bonds. The van der Waals surface area contributed by atoms with E-state index in [0.29, 0.717) is 25.7 Å². The zero-order valence-electron chi connectivity index (χ0n) is 66.5. The highest BCUT2D eigenvalue weighted by atomic mass is 31.2. The number of ether oxygens (including phenoxy) is 4. The number of aliphatic hydroxyl groups is 1. The summed E-state index contributed by atoms with van der Waals surface area (Å²) in [6.45, 7) is 14.3. The Labute approximate surface area is 619 Å². The van der Waals surface area contributed by atoms with Crippen molar-refractivity contribution in [3.8, 4) is 0 Å². The van der Waals surface area contributed by atoms with Crippen molar-refractivity contribution in [2.45, 2.75) is 440 Å². The van der Waals surface area contributed by atoms with Crippen molar-refractivity contribution in [1.82, 2.24) is 0 Å². The molecule has 0 bridgehead atoms. The molecule has 0 aliphatic rings. The van der Waals surface area contributed by atoms with Gasteiger partial charge in [0.2, 0.25) is 0 Å². The number of phosphoric acid groups is 2. The lowest BCUT2D eigenvalue weighted by molar-refractivity contribution is -0.161. The Morgan fingerprint density at radius 2 is 0.475 bits per heavy atom. The summed E-state index contributed by atoms with van der Waals surface area (Å²) in [5, 5.41) is 10.6. The fourth-order valence-corrected chi connectivity index (χ4v) is 14.1. The first-order valence-electron chi connectivity index (χ1n) is 42.3. The first-order chi connectivity index (χ1) is 48.7. The van der Waals surface area contributed by atoms with Gasteiger partial charge in [0.15, 0.2) is 12.2 Å². The minimum atomic E-state index is -4.96. The van der Waals surface area contributed by atoms with Crippen LogP contribution in [0.5, 0.6) is 0 Å². The second-order valence-corrected chi connectivity index (χ2v) is 33.9. The predicted molar refractivity (Wildman–Crippen MR) is 414 cm³/mol. The van der Waals surface area contributed by atoms with E-state index in [2.05, 4.69) is 55.4 Å². The van der Waals surface area contributed by atoms with E-state index in [0.717, 1.165) is 120 Å². The van der Waals surface area contributed by atoms with Crippen molar-refractivity contribution in [2.75, 3.05) is 39.6 Å². The van der Waals surface area contributed by atoms with Gasteiger partial charge < -0.3 is 33.8 Å². The molecule has 0 radical (unpaired) electrons. The van der Waals surface area contributed by atoms with Crippen molar-refractivity contribution >= 4 is 39.5 Å². The van der Waals surface area contributed by atoms with Crippen LogP contribution in [0.3, 0.4) is 0 Å². The summed E-state index contributed by atoms with van der Waals surface area (Å²) in [5.74, 6) is 1.05. The average Bonchev–Trinajstić information content (AvgIpc) is 0.946. The van der Waals surface area contributed by atoms with E-state index in [-0.39, 0.29) is 25.7 Å². The van der Waals surface area contributed by atoms with Gasteiger partial charge in [0.25, 0.3) is 0 Å². The summed E-state index contributed by atoms with van der Waals surface area (Å²) in [5.41, 5.74) is 0. The van der Waals surface area contributed by atoms with Gasteiger partial charge in [-0.1, -0.05) is 370 Å². The van der Waals surface area contributed by atoms with Crippen molar-refractivity contribution < 1.29 is 80.2 Å². The molecule has 3 N–H and O–H groups in total. The summed E-state index contributed by atoms with van der Waals surface area (Å²) in [6.07, 6.45) is 58.2. The van der Waals surface area contributed by atoms with Crippen molar-refractivity contribution in [2.24, 2.45) is 23.7 Å². The quantitative estimate of drug-likeness (QED) is 0.0222. The fraction of sp³-hybridized carbons (Fsp3) is 0.951. The van der Waals surface area contributed by atoms with Crippen molar-refractivity contribution in [3.63, 3.8) is 0 Å². The van der Waals surface area contributed by atoms with Gasteiger partial charge in [-0.05, 0) is 49.4 Å². The number of esters is 4. The molecule has 0 fully saturated rings. The number of hydrogen-bond acceptors (Lipinski definition) is 15. The Balaban J connectivity index is 5.24. The van der Waals surface area contributed by atoms with Gasteiger partial charge in [0, 0.05) is 25.7 Å². The molecule has 0 aliphatic carbocycles. The van der Waals surface area contributed by atoms with E-state index in [9.17, 15) is 43.2 Å². The molecule has 19 heteroatoms. The van der Waals surface area contributed by atoms with E-state index in [1.165, 1.54) is 218 Å². The van der Waals surface area contributed by atoms with E-state index >= 15 is 0 Å². The Hall–Kier alpha value is -1.94. The maximum Gasteiger partial charge on any atom is 0.472 e. The highest BCUT2D eigenvalue weighted by Crippen LogP contribution is 2.45. The fourth-order valence-electron chi connectivity index (χ4n) is 12.5. The number of carbonyl (C=O) groups excluding carboxylic acids is 4. The molecule has 600 valence electrons. The summed E-state index contributed by atoms with van der Waals surface area (Å²) < 4.78 is 68.8. The normalized spacial score (nSPS) is 14.5. The highest BCUT2D eigenvalue weighted by molar-refractivity contribution is 7.47. The van der Waals surface area contributed by atoms with E-state index < -0.39 is 97.5 Å². The minimum absolute atomic E-state index is 0.106. The lowest BCUT2D eigenvalue weighted by Crippen LogP contribution is -2.30. The van der Waals surface area contributed by atoms with E-state index in [1.807, 2.05) is 0 Å². The molecule has 0 aliphatic heterocycles. The summed E-state index contributed by atoms with van der Waals surface area (Å²) >= 11 is 0.